The maximum absolute atomic E-state index is 15.2. The van der Waals surface area contributed by atoms with E-state index in [1.54, 1.807) is 35.5 Å². The maximum atomic E-state index is 15.2. The van der Waals surface area contributed by atoms with Crippen LogP contribution in [0.25, 0.3) is 0 Å². The molecule has 7 rings (SSSR count). The van der Waals surface area contributed by atoms with Crippen molar-refractivity contribution < 1.29 is 42.5 Å². The van der Waals surface area contributed by atoms with Crippen LogP contribution in [0.2, 0.25) is 0 Å². The molecule has 0 radical (unpaired) electrons. The normalized spacial score (nSPS) is 20.9. The van der Waals surface area contributed by atoms with Gasteiger partial charge in [0.1, 0.15) is 12.9 Å². The van der Waals surface area contributed by atoms with Crippen LogP contribution in [0, 0.1) is 11.8 Å². The number of benzene rings is 3. The molecule has 3 heterocycles. The monoisotopic (exact) mass is 852 g/mol. The quantitative estimate of drug-likeness (QED) is 0.135. The Kier molecular flexibility index (Phi) is 13.4. The Morgan fingerprint density at radius 2 is 1.53 bits per heavy atom. The molecule has 14 nitrogen and oxygen atoms in total. The highest BCUT2D eigenvalue weighted by atomic mass is 16.6. The lowest BCUT2D eigenvalue weighted by molar-refractivity contribution is -0.149. The fraction of sp³-hybridized carbons (Fsp3) is 0.500. The highest BCUT2D eigenvalue weighted by molar-refractivity contribution is 5.83. The Balaban J connectivity index is 1.36. The second kappa shape index (κ2) is 18.7. The molecule has 2 amide bonds. The molecular weight excluding hydrogens is 793 g/mol. The van der Waals surface area contributed by atoms with E-state index in [9.17, 15) is 14.4 Å². The van der Waals surface area contributed by atoms with Gasteiger partial charge in [0.15, 0.2) is 23.0 Å². The van der Waals surface area contributed by atoms with Crippen LogP contribution in [0.5, 0.6) is 23.0 Å². The zero-order valence-corrected chi connectivity index (χ0v) is 37.2. The topological polar surface area (TPSA) is 142 Å². The lowest BCUT2D eigenvalue weighted by Crippen LogP contribution is -2.63. The third-order valence-electron chi connectivity index (χ3n) is 13.4. The highest BCUT2D eigenvalue weighted by Gasteiger charge is 2.58. The molecule has 0 bridgehead atoms. The van der Waals surface area contributed by atoms with Crippen molar-refractivity contribution >= 4 is 17.9 Å². The number of hydrogen-bond acceptors (Lipinski definition) is 11. The summed E-state index contributed by atoms with van der Waals surface area (Å²) in [4.78, 5) is 62.3. The zero-order chi connectivity index (χ0) is 44.3. The predicted octanol–water partition coefficient (Wildman–Crippen LogP) is 7.21. The van der Waals surface area contributed by atoms with E-state index in [-0.39, 0.29) is 49.3 Å². The Morgan fingerprint density at radius 1 is 0.887 bits per heavy atom. The van der Waals surface area contributed by atoms with E-state index in [1.807, 2.05) is 67.3 Å². The number of amides is 2. The van der Waals surface area contributed by atoms with E-state index < -0.39 is 23.3 Å². The van der Waals surface area contributed by atoms with Crippen molar-refractivity contribution in [2.75, 3.05) is 61.7 Å². The van der Waals surface area contributed by atoms with Gasteiger partial charge in [-0.2, -0.15) is 0 Å². The molecule has 3 aliphatic rings. The van der Waals surface area contributed by atoms with Gasteiger partial charge in [0, 0.05) is 51.0 Å². The number of oxazole rings is 1. The number of ether oxygens (including phenoxy) is 5. The van der Waals surface area contributed by atoms with Gasteiger partial charge in [-0.05, 0) is 96.6 Å². The molecule has 1 saturated carbocycles. The number of hydrogen-bond donors (Lipinski definition) is 0. The van der Waals surface area contributed by atoms with Gasteiger partial charge in [-0.15, -0.1) is 0 Å². The number of methoxy groups -OCH3 is 4. The standard InChI is InChI=1S/C48H60N4O10/c1-9-50-21-16-32-24-39(57-5)41(59-7)26-35(32)44(50)37-23-34(45(54)52-38(30(2)3)29-62-47(52)56)15-19-48(37)36-27-42(60-8)40(58-6)25-33(36)17-22-51(48)43(53)18-20-49(4)46(55)61-28-31-13-11-10-12-14-31/h10-14,24-27,29-30,34,37,44H,9,15-23,28H2,1-8H3/t34-,37?,44?,48?/m1/s1. The first-order chi connectivity index (χ1) is 29.9. The van der Waals surface area contributed by atoms with Crippen molar-refractivity contribution in [3.63, 3.8) is 0 Å². The van der Waals surface area contributed by atoms with Gasteiger partial charge >= 0.3 is 11.8 Å². The third-order valence-corrected chi connectivity index (χ3v) is 13.4. The highest BCUT2D eigenvalue weighted by Crippen LogP contribution is 2.59. The van der Waals surface area contributed by atoms with Crippen LogP contribution in [0.15, 0.2) is 70.1 Å². The molecule has 4 aromatic rings. The molecule has 62 heavy (non-hydrogen) atoms. The molecular formula is C48H60N4O10. The Bertz CT molecular complexity index is 2320. The number of rotatable bonds is 13. The number of aromatic nitrogens is 1. The number of carbonyl (C=O) groups is 3. The summed E-state index contributed by atoms with van der Waals surface area (Å²) in [6.07, 6.45) is 3.39. The number of nitrogens with zero attached hydrogens (tertiary/aromatic N) is 4. The molecule has 0 saturated heterocycles. The minimum atomic E-state index is -0.963. The van der Waals surface area contributed by atoms with Gasteiger partial charge in [-0.3, -0.25) is 14.5 Å². The molecule has 3 unspecified atom stereocenters. The van der Waals surface area contributed by atoms with Crippen LogP contribution in [0.3, 0.4) is 0 Å². The first-order valence-corrected chi connectivity index (χ1v) is 21.6. The summed E-state index contributed by atoms with van der Waals surface area (Å²) >= 11 is 0. The van der Waals surface area contributed by atoms with E-state index >= 15 is 4.79 Å². The molecule has 1 fully saturated rings. The van der Waals surface area contributed by atoms with Crippen LogP contribution in [0.1, 0.15) is 96.7 Å². The molecule has 4 atom stereocenters. The van der Waals surface area contributed by atoms with Crippen LogP contribution in [-0.2, 0) is 34.5 Å². The first kappa shape index (κ1) is 44.3. The second-order valence-electron chi connectivity index (χ2n) is 16.9. The fourth-order valence-electron chi connectivity index (χ4n) is 10.2. The van der Waals surface area contributed by atoms with Crippen LogP contribution in [0.4, 0.5) is 4.79 Å². The van der Waals surface area contributed by atoms with Gasteiger partial charge in [0.05, 0.1) is 39.7 Å². The van der Waals surface area contributed by atoms with Gasteiger partial charge < -0.3 is 37.9 Å². The minimum Gasteiger partial charge on any atom is -0.493 e. The summed E-state index contributed by atoms with van der Waals surface area (Å²) < 4.78 is 35.6. The first-order valence-electron chi connectivity index (χ1n) is 21.6. The summed E-state index contributed by atoms with van der Waals surface area (Å²) in [5, 5.41) is 0. The van der Waals surface area contributed by atoms with Crippen molar-refractivity contribution in [1.29, 1.82) is 0 Å². The molecule has 2 aliphatic heterocycles. The van der Waals surface area contributed by atoms with Gasteiger partial charge in [-0.25, -0.2) is 14.2 Å². The molecule has 3 aromatic carbocycles. The Hall–Kier alpha value is -5.76. The maximum Gasteiger partial charge on any atom is 0.426 e. The Labute approximate surface area is 363 Å². The van der Waals surface area contributed by atoms with E-state index in [1.165, 1.54) is 15.7 Å². The SMILES string of the molecule is CCN1CCc2cc(OC)c(OC)cc2C1C1C[C@H](C(=O)n2c(C(C)C)coc2=O)CCC12c1cc(OC)c(OC)cc1CCN2C(=O)CCN(C)C(=O)OCc1ccccc1. The van der Waals surface area contributed by atoms with Crippen LogP contribution in [-0.4, -0.2) is 98.8 Å². The van der Waals surface area contributed by atoms with Gasteiger partial charge in [0.25, 0.3) is 0 Å². The number of carbonyl (C=O) groups excluding carboxylic acids is 3. The van der Waals surface area contributed by atoms with Crippen LogP contribution < -0.4 is 24.7 Å². The van der Waals surface area contributed by atoms with E-state index in [4.69, 9.17) is 28.1 Å². The molecule has 0 N–H and O–H groups in total. The summed E-state index contributed by atoms with van der Waals surface area (Å²) in [7, 11) is 8.11. The minimum absolute atomic E-state index is 0.0440. The van der Waals surface area contributed by atoms with Gasteiger partial charge in [0.2, 0.25) is 11.8 Å². The molecule has 1 aromatic heterocycles. The lowest BCUT2D eigenvalue weighted by Gasteiger charge is -2.59. The zero-order valence-electron chi connectivity index (χ0n) is 37.2. The molecule has 1 spiro atoms. The number of likely N-dealkylation sites (N-methyl/N-ethyl adjacent to an activating group) is 1. The van der Waals surface area contributed by atoms with E-state index in [2.05, 4.69) is 17.9 Å². The lowest BCUT2D eigenvalue weighted by atomic mass is 9.58. The van der Waals surface area contributed by atoms with Gasteiger partial charge in [-0.1, -0.05) is 51.1 Å². The molecule has 1 aliphatic carbocycles. The van der Waals surface area contributed by atoms with Crippen molar-refractivity contribution in [1.82, 2.24) is 19.3 Å². The summed E-state index contributed by atoms with van der Waals surface area (Å²) in [6, 6.07) is 17.3. The summed E-state index contributed by atoms with van der Waals surface area (Å²) in [5.41, 5.74) is 4.54. The van der Waals surface area contributed by atoms with Crippen LogP contribution >= 0.6 is 0 Å². The molecule has 332 valence electrons. The average Bonchev–Trinajstić information content (AvgIpc) is 3.70. The smallest absolute Gasteiger partial charge is 0.426 e. The van der Waals surface area contributed by atoms with E-state index in [0.29, 0.717) is 67.5 Å². The Morgan fingerprint density at radius 3 is 2.19 bits per heavy atom. The van der Waals surface area contributed by atoms with Crippen molar-refractivity contribution in [3.05, 3.63) is 105 Å². The average molecular weight is 853 g/mol. The largest absolute Gasteiger partial charge is 0.493 e. The fourth-order valence-corrected chi connectivity index (χ4v) is 10.2. The third kappa shape index (κ3) is 8.16. The van der Waals surface area contributed by atoms with Crippen molar-refractivity contribution in [2.24, 2.45) is 11.8 Å². The van der Waals surface area contributed by atoms with E-state index in [0.717, 1.165) is 40.8 Å². The van der Waals surface area contributed by atoms with Crippen molar-refractivity contribution in [2.45, 2.75) is 83.4 Å². The summed E-state index contributed by atoms with van der Waals surface area (Å²) in [5.74, 6) is 0.118. The predicted molar refractivity (Wildman–Crippen MR) is 232 cm³/mol. The van der Waals surface area contributed by atoms with Crippen molar-refractivity contribution in [3.8, 4) is 23.0 Å². The molecule has 14 heteroatoms. The number of fused-ring (bicyclic) bond motifs is 3. The summed E-state index contributed by atoms with van der Waals surface area (Å²) in [6.45, 7) is 8.07. The second-order valence-corrected chi connectivity index (χ2v) is 16.9.